The maximum absolute atomic E-state index is 12.1. The lowest BCUT2D eigenvalue weighted by Crippen LogP contribution is -2.46. The molecule has 6 heteroatoms. The van der Waals surface area contributed by atoms with Crippen molar-refractivity contribution in [3.05, 3.63) is 5.69 Å². The summed E-state index contributed by atoms with van der Waals surface area (Å²) in [5.41, 5.74) is 5.79. The van der Waals surface area contributed by atoms with E-state index in [2.05, 4.69) is 41.0 Å². The van der Waals surface area contributed by atoms with E-state index in [9.17, 15) is 4.79 Å². The van der Waals surface area contributed by atoms with Gasteiger partial charge < -0.3 is 11.1 Å². The van der Waals surface area contributed by atoms with Crippen molar-refractivity contribution in [3.63, 3.8) is 0 Å². The number of nitrogens with one attached hydrogen (secondary N) is 1. The topological polar surface area (TPSA) is 94.0 Å². The molecular weight excluding hydrogens is 244 g/mol. The standard InChI is InChI=1S/C13H22N4O2/c1-13(2,3)8-6-4-5-7-9(8)15-12(18)10-11(14)17-19-16-10/h8-9H,4-7H2,1-3H3,(H2,14,17)(H,15,18). The summed E-state index contributed by atoms with van der Waals surface area (Å²) in [6, 6.07) is 0.164. The molecule has 0 aromatic carbocycles. The minimum Gasteiger partial charge on any atom is -0.379 e. The Morgan fingerprint density at radius 3 is 2.58 bits per heavy atom. The van der Waals surface area contributed by atoms with Gasteiger partial charge in [0.2, 0.25) is 11.5 Å². The molecule has 1 aliphatic carbocycles. The molecule has 2 unspecified atom stereocenters. The van der Waals surface area contributed by atoms with Gasteiger partial charge in [0, 0.05) is 6.04 Å². The van der Waals surface area contributed by atoms with Gasteiger partial charge in [0.05, 0.1) is 0 Å². The number of nitrogens with zero attached hydrogens (tertiary/aromatic N) is 2. The summed E-state index contributed by atoms with van der Waals surface area (Å²) in [7, 11) is 0. The highest BCUT2D eigenvalue weighted by Gasteiger charge is 2.35. The number of carbonyl (C=O) groups is 1. The molecule has 2 rings (SSSR count). The normalized spacial score (nSPS) is 24.2. The Bertz CT molecular complexity index is 450. The minimum absolute atomic E-state index is 0.0422. The first kappa shape index (κ1) is 13.8. The first-order valence-electron chi connectivity index (χ1n) is 6.78. The average Bonchev–Trinajstić information content (AvgIpc) is 2.75. The van der Waals surface area contributed by atoms with Gasteiger partial charge in [-0.1, -0.05) is 33.6 Å². The number of rotatable bonds is 2. The predicted molar refractivity (Wildman–Crippen MR) is 71.4 cm³/mol. The first-order valence-corrected chi connectivity index (χ1v) is 6.78. The van der Waals surface area contributed by atoms with Crippen molar-refractivity contribution in [2.45, 2.75) is 52.5 Å². The molecule has 19 heavy (non-hydrogen) atoms. The molecule has 1 aliphatic rings. The largest absolute Gasteiger partial charge is 0.379 e. The van der Waals surface area contributed by atoms with Crippen molar-refractivity contribution >= 4 is 11.7 Å². The molecule has 1 heterocycles. The molecular formula is C13H22N4O2. The summed E-state index contributed by atoms with van der Waals surface area (Å²) >= 11 is 0. The van der Waals surface area contributed by atoms with Gasteiger partial charge in [0.25, 0.3) is 5.91 Å². The molecule has 1 saturated carbocycles. The van der Waals surface area contributed by atoms with Gasteiger partial charge in [0.15, 0.2) is 0 Å². The summed E-state index contributed by atoms with van der Waals surface area (Å²) in [6.07, 6.45) is 4.51. The number of nitrogen functional groups attached to an aromatic ring is 1. The van der Waals surface area contributed by atoms with Gasteiger partial charge in [-0.3, -0.25) is 4.79 Å². The van der Waals surface area contributed by atoms with Gasteiger partial charge in [-0.15, -0.1) is 0 Å². The van der Waals surface area contributed by atoms with E-state index in [4.69, 9.17) is 5.73 Å². The van der Waals surface area contributed by atoms with E-state index in [1.807, 2.05) is 0 Å². The van der Waals surface area contributed by atoms with Gasteiger partial charge >= 0.3 is 0 Å². The average molecular weight is 266 g/mol. The number of hydrogen-bond donors (Lipinski definition) is 2. The molecule has 1 aromatic rings. The Morgan fingerprint density at radius 2 is 2.00 bits per heavy atom. The van der Waals surface area contributed by atoms with Gasteiger partial charge in [-0.2, -0.15) is 0 Å². The quantitative estimate of drug-likeness (QED) is 0.853. The van der Waals surface area contributed by atoms with Crippen LogP contribution in [0.4, 0.5) is 5.82 Å². The third-order valence-electron chi connectivity index (χ3n) is 3.92. The Labute approximate surface area is 113 Å². The fourth-order valence-corrected chi connectivity index (χ4v) is 2.93. The maximum Gasteiger partial charge on any atom is 0.277 e. The van der Waals surface area contributed by atoms with E-state index in [-0.39, 0.29) is 28.9 Å². The van der Waals surface area contributed by atoms with Crippen molar-refractivity contribution in [1.82, 2.24) is 15.6 Å². The van der Waals surface area contributed by atoms with Crippen LogP contribution in [0, 0.1) is 11.3 Å². The van der Waals surface area contributed by atoms with E-state index in [0.29, 0.717) is 5.92 Å². The van der Waals surface area contributed by atoms with Crippen molar-refractivity contribution in [2.75, 3.05) is 5.73 Å². The zero-order chi connectivity index (χ0) is 14.0. The lowest BCUT2D eigenvalue weighted by atomic mass is 9.69. The second-order valence-corrected chi connectivity index (χ2v) is 6.34. The predicted octanol–water partition coefficient (Wildman–Crippen LogP) is 1.99. The van der Waals surface area contributed by atoms with Crippen molar-refractivity contribution in [3.8, 4) is 0 Å². The third-order valence-corrected chi connectivity index (χ3v) is 3.92. The van der Waals surface area contributed by atoms with E-state index in [1.54, 1.807) is 0 Å². The summed E-state index contributed by atoms with van der Waals surface area (Å²) in [5.74, 6) is 0.215. The molecule has 3 N–H and O–H groups in total. The van der Waals surface area contributed by atoms with Crippen LogP contribution in [0.3, 0.4) is 0 Å². The lowest BCUT2D eigenvalue weighted by Gasteiger charge is -2.40. The zero-order valence-electron chi connectivity index (χ0n) is 11.8. The molecule has 106 valence electrons. The highest BCUT2D eigenvalue weighted by Crippen LogP contribution is 2.38. The number of aromatic nitrogens is 2. The van der Waals surface area contributed by atoms with Crippen LogP contribution in [0.15, 0.2) is 4.63 Å². The fourth-order valence-electron chi connectivity index (χ4n) is 2.93. The Kier molecular flexibility index (Phi) is 3.78. The number of hydrogen-bond acceptors (Lipinski definition) is 5. The Morgan fingerprint density at radius 1 is 1.32 bits per heavy atom. The molecule has 1 amide bonds. The molecule has 2 atom stereocenters. The molecule has 0 spiro atoms. The van der Waals surface area contributed by atoms with Crippen LogP contribution in [0.5, 0.6) is 0 Å². The van der Waals surface area contributed by atoms with E-state index in [0.717, 1.165) is 19.3 Å². The second-order valence-electron chi connectivity index (χ2n) is 6.34. The van der Waals surface area contributed by atoms with Crippen LogP contribution in [0.1, 0.15) is 56.9 Å². The Hall–Kier alpha value is -1.59. The van der Waals surface area contributed by atoms with Crippen LogP contribution in [-0.4, -0.2) is 22.3 Å². The van der Waals surface area contributed by atoms with Crippen LogP contribution in [0.25, 0.3) is 0 Å². The summed E-state index contributed by atoms with van der Waals surface area (Å²) < 4.78 is 4.46. The fraction of sp³-hybridized carbons (Fsp3) is 0.769. The van der Waals surface area contributed by atoms with Crippen LogP contribution in [-0.2, 0) is 0 Å². The number of carbonyl (C=O) groups excluding carboxylic acids is 1. The molecule has 0 bridgehead atoms. The summed E-state index contributed by atoms with van der Waals surface area (Å²) in [4.78, 5) is 12.1. The third kappa shape index (κ3) is 3.05. The number of anilines is 1. The molecule has 0 radical (unpaired) electrons. The summed E-state index contributed by atoms with van der Waals surface area (Å²) in [5, 5.41) is 10.0. The zero-order valence-corrected chi connectivity index (χ0v) is 11.8. The van der Waals surface area contributed by atoms with Crippen molar-refractivity contribution in [1.29, 1.82) is 0 Å². The van der Waals surface area contributed by atoms with Crippen molar-refractivity contribution in [2.24, 2.45) is 11.3 Å². The molecule has 0 aliphatic heterocycles. The van der Waals surface area contributed by atoms with Gasteiger partial charge in [-0.05, 0) is 34.5 Å². The van der Waals surface area contributed by atoms with Crippen LogP contribution in [0.2, 0.25) is 0 Å². The van der Waals surface area contributed by atoms with Gasteiger partial charge in [0.1, 0.15) is 0 Å². The Balaban J connectivity index is 2.08. The molecule has 1 fully saturated rings. The van der Waals surface area contributed by atoms with Crippen molar-refractivity contribution < 1.29 is 9.42 Å². The molecule has 1 aromatic heterocycles. The summed E-state index contributed by atoms with van der Waals surface area (Å²) in [6.45, 7) is 6.65. The SMILES string of the molecule is CC(C)(C)C1CCCCC1NC(=O)c1nonc1N. The van der Waals surface area contributed by atoms with E-state index >= 15 is 0 Å². The smallest absolute Gasteiger partial charge is 0.277 e. The highest BCUT2D eigenvalue weighted by molar-refractivity contribution is 5.96. The first-order chi connectivity index (χ1) is 8.89. The molecule has 6 nitrogen and oxygen atoms in total. The molecule has 0 saturated heterocycles. The second kappa shape index (κ2) is 5.19. The minimum atomic E-state index is -0.292. The number of nitrogens with two attached hydrogens (primary N) is 1. The van der Waals surface area contributed by atoms with Crippen LogP contribution >= 0.6 is 0 Å². The van der Waals surface area contributed by atoms with Crippen LogP contribution < -0.4 is 11.1 Å². The maximum atomic E-state index is 12.1. The lowest BCUT2D eigenvalue weighted by molar-refractivity contribution is 0.0821. The van der Waals surface area contributed by atoms with E-state index < -0.39 is 0 Å². The van der Waals surface area contributed by atoms with Gasteiger partial charge in [-0.25, -0.2) is 4.63 Å². The highest BCUT2D eigenvalue weighted by atomic mass is 16.6. The van der Waals surface area contributed by atoms with E-state index in [1.165, 1.54) is 6.42 Å². The monoisotopic (exact) mass is 266 g/mol. The number of amides is 1.